The third kappa shape index (κ3) is 4.85. The van der Waals surface area contributed by atoms with Gasteiger partial charge in [0.2, 0.25) is 0 Å². The molecule has 0 aliphatic carbocycles. The minimum atomic E-state index is -0.492. The van der Waals surface area contributed by atoms with Crippen molar-refractivity contribution >= 4 is 40.3 Å². The molecule has 0 saturated carbocycles. The third-order valence-electron chi connectivity index (χ3n) is 6.63. The number of hydrogen-bond donors (Lipinski definition) is 0. The van der Waals surface area contributed by atoms with E-state index in [0.717, 1.165) is 27.9 Å². The predicted octanol–water partition coefficient (Wildman–Crippen LogP) is 7.95. The molecule has 2 atom stereocenters. The normalized spacial score (nSPS) is 17.1. The number of hydrogen-bond acceptors (Lipinski definition) is 6. The molecule has 0 bridgehead atoms. The zero-order valence-electron chi connectivity index (χ0n) is 19.3. The Labute approximate surface area is 222 Å². The fourth-order valence-corrected chi connectivity index (χ4v) is 5.33. The first-order valence-electron chi connectivity index (χ1n) is 11.5. The number of anilines is 1. The Morgan fingerprint density at radius 3 is 1.84 bits per heavy atom. The summed E-state index contributed by atoms with van der Waals surface area (Å²) in [5, 5.41) is 23.3. The average molecular weight is 535 g/mol. The van der Waals surface area contributed by atoms with Crippen molar-refractivity contribution in [2.75, 3.05) is 4.90 Å². The van der Waals surface area contributed by atoms with Crippen LogP contribution < -0.4 is 4.90 Å². The highest BCUT2D eigenvalue weighted by Crippen LogP contribution is 2.49. The Morgan fingerprint density at radius 1 is 0.757 bits per heavy atom. The summed E-state index contributed by atoms with van der Waals surface area (Å²) < 4.78 is 0. The molecule has 8 nitrogen and oxygen atoms in total. The Hall–Kier alpha value is -4.01. The highest BCUT2D eigenvalue weighted by Gasteiger charge is 2.37. The lowest BCUT2D eigenvalue weighted by molar-refractivity contribution is -0.384. The molecule has 0 unspecified atom stereocenters. The van der Waals surface area contributed by atoms with Crippen LogP contribution in [0.15, 0.2) is 85.2 Å². The number of nitro groups is 2. The van der Waals surface area contributed by atoms with Gasteiger partial charge < -0.3 is 4.90 Å². The van der Waals surface area contributed by atoms with E-state index >= 15 is 0 Å². The quantitative estimate of drug-likeness (QED) is 0.183. The van der Waals surface area contributed by atoms with Gasteiger partial charge in [-0.3, -0.25) is 25.2 Å². The van der Waals surface area contributed by atoms with Crippen molar-refractivity contribution in [3.05, 3.63) is 127 Å². The van der Waals surface area contributed by atoms with Crippen LogP contribution >= 0.6 is 23.2 Å². The smallest absolute Gasteiger partial charge is 0.288 e. The Morgan fingerprint density at radius 2 is 1.32 bits per heavy atom. The monoisotopic (exact) mass is 534 g/mol. The molecule has 0 amide bonds. The lowest BCUT2D eigenvalue weighted by Gasteiger charge is -2.33. The van der Waals surface area contributed by atoms with Crippen LogP contribution in [-0.4, -0.2) is 14.8 Å². The molecule has 1 aliphatic rings. The molecular weight excluding hydrogens is 515 g/mol. The molecule has 3 aromatic carbocycles. The van der Waals surface area contributed by atoms with Gasteiger partial charge in [0, 0.05) is 35.8 Å². The van der Waals surface area contributed by atoms with Crippen molar-refractivity contribution in [3.8, 4) is 11.1 Å². The molecule has 10 heteroatoms. The van der Waals surface area contributed by atoms with Crippen molar-refractivity contribution < 1.29 is 9.85 Å². The van der Waals surface area contributed by atoms with E-state index in [0.29, 0.717) is 12.8 Å². The first-order valence-corrected chi connectivity index (χ1v) is 12.3. The number of pyridine rings is 1. The van der Waals surface area contributed by atoms with Gasteiger partial charge in [-0.2, -0.15) is 0 Å². The second kappa shape index (κ2) is 10.2. The summed E-state index contributed by atoms with van der Waals surface area (Å²) >= 11 is 12.2. The summed E-state index contributed by atoms with van der Waals surface area (Å²) in [6, 6.07) is 21.0. The third-order valence-corrected chi connectivity index (χ3v) is 7.27. The average Bonchev–Trinajstić information content (AvgIpc) is 3.35. The molecule has 2 heterocycles. The van der Waals surface area contributed by atoms with Gasteiger partial charge in [-0.25, -0.2) is 0 Å². The number of benzene rings is 3. The van der Waals surface area contributed by atoms with E-state index in [-0.39, 0.29) is 33.5 Å². The summed E-state index contributed by atoms with van der Waals surface area (Å²) in [6.45, 7) is 0. The van der Waals surface area contributed by atoms with Gasteiger partial charge in [0.15, 0.2) is 0 Å². The number of halogens is 2. The standard InChI is InChI=1S/C27H20Cl2N4O4/c28-22-8-6-18(14-26(22)32(34)35)24-10-11-25(19-7-9-23(29)27(15-19)33(36)37)31(24)21-5-1-3-17(13-21)20-4-2-12-30-16-20/h1-9,12-16,24-25H,10-11H2/t24-,25-/m1/s1. The van der Waals surface area contributed by atoms with Crippen LogP contribution in [0.1, 0.15) is 36.1 Å². The van der Waals surface area contributed by atoms with E-state index in [9.17, 15) is 20.2 Å². The van der Waals surface area contributed by atoms with E-state index < -0.39 is 9.85 Å². The number of rotatable bonds is 6. The van der Waals surface area contributed by atoms with E-state index in [1.165, 1.54) is 12.1 Å². The molecule has 1 fully saturated rings. The van der Waals surface area contributed by atoms with Gasteiger partial charge in [-0.1, -0.05) is 53.5 Å². The highest BCUT2D eigenvalue weighted by atomic mass is 35.5. The summed E-state index contributed by atoms with van der Waals surface area (Å²) in [6.07, 6.45) is 4.85. The Bertz CT molecular complexity index is 1430. The van der Waals surface area contributed by atoms with Crippen LogP contribution in [0.25, 0.3) is 11.1 Å². The van der Waals surface area contributed by atoms with E-state index in [2.05, 4.69) is 9.88 Å². The van der Waals surface area contributed by atoms with E-state index in [1.807, 2.05) is 36.4 Å². The van der Waals surface area contributed by atoms with E-state index in [1.54, 1.807) is 36.7 Å². The SMILES string of the molecule is O=[N+]([O-])c1cc([C@H]2CC[C@H](c3ccc(Cl)c([N+](=O)[O-])c3)N2c2cccc(-c3cccnc3)c2)ccc1Cl. The van der Waals surface area contributed by atoms with Crippen LogP contribution in [0.2, 0.25) is 10.0 Å². The summed E-state index contributed by atoms with van der Waals surface area (Å²) in [7, 11) is 0. The zero-order valence-corrected chi connectivity index (χ0v) is 20.8. The largest absolute Gasteiger partial charge is 0.357 e. The predicted molar refractivity (Wildman–Crippen MR) is 143 cm³/mol. The van der Waals surface area contributed by atoms with Crippen molar-refractivity contribution in [1.82, 2.24) is 4.98 Å². The van der Waals surface area contributed by atoms with Crippen LogP contribution in [0.5, 0.6) is 0 Å². The molecule has 1 aliphatic heterocycles. The minimum absolute atomic E-state index is 0.0711. The molecule has 0 N–H and O–H groups in total. The Balaban J connectivity index is 1.64. The summed E-state index contributed by atoms with van der Waals surface area (Å²) in [4.78, 5) is 28.6. The molecule has 1 aromatic heterocycles. The van der Waals surface area contributed by atoms with Gasteiger partial charge >= 0.3 is 0 Å². The first kappa shape index (κ1) is 24.7. The van der Waals surface area contributed by atoms with Crippen LogP contribution in [0.4, 0.5) is 17.1 Å². The van der Waals surface area contributed by atoms with Crippen molar-refractivity contribution in [2.45, 2.75) is 24.9 Å². The first-order chi connectivity index (χ1) is 17.8. The number of aromatic nitrogens is 1. The topological polar surface area (TPSA) is 102 Å². The molecule has 186 valence electrons. The fourth-order valence-electron chi connectivity index (χ4n) is 4.96. The van der Waals surface area contributed by atoms with Gasteiger partial charge in [0.05, 0.1) is 21.9 Å². The molecule has 37 heavy (non-hydrogen) atoms. The molecule has 5 rings (SSSR count). The second-order valence-electron chi connectivity index (χ2n) is 8.74. The maximum atomic E-state index is 11.6. The second-order valence-corrected chi connectivity index (χ2v) is 9.56. The number of nitro benzene ring substituents is 2. The lowest BCUT2D eigenvalue weighted by atomic mass is 10.0. The Kier molecular flexibility index (Phi) is 6.78. The molecular formula is C27H20Cl2N4O4. The van der Waals surface area contributed by atoms with E-state index in [4.69, 9.17) is 23.2 Å². The van der Waals surface area contributed by atoms with Gasteiger partial charge in [-0.05, 0) is 59.9 Å². The summed E-state index contributed by atoms with van der Waals surface area (Å²) in [5.41, 5.74) is 3.95. The molecule has 4 aromatic rings. The number of nitrogens with zero attached hydrogens (tertiary/aromatic N) is 4. The zero-order chi connectivity index (χ0) is 26.1. The lowest BCUT2D eigenvalue weighted by Crippen LogP contribution is -2.26. The minimum Gasteiger partial charge on any atom is -0.357 e. The van der Waals surface area contributed by atoms with Crippen LogP contribution in [0, 0.1) is 20.2 Å². The highest BCUT2D eigenvalue weighted by molar-refractivity contribution is 6.33. The molecule has 0 spiro atoms. The van der Waals surface area contributed by atoms with Crippen LogP contribution in [-0.2, 0) is 0 Å². The molecule has 1 saturated heterocycles. The van der Waals surface area contributed by atoms with Gasteiger partial charge in [-0.15, -0.1) is 0 Å². The maximum absolute atomic E-state index is 11.6. The van der Waals surface area contributed by atoms with Crippen molar-refractivity contribution in [3.63, 3.8) is 0 Å². The molecule has 0 radical (unpaired) electrons. The maximum Gasteiger partial charge on any atom is 0.288 e. The van der Waals surface area contributed by atoms with Crippen molar-refractivity contribution in [2.24, 2.45) is 0 Å². The van der Waals surface area contributed by atoms with Crippen LogP contribution in [0.3, 0.4) is 0 Å². The van der Waals surface area contributed by atoms with Gasteiger partial charge in [0.1, 0.15) is 10.0 Å². The fraction of sp³-hybridized carbons (Fsp3) is 0.148. The van der Waals surface area contributed by atoms with Gasteiger partial charge in [0.25, 0.3) is 11.4 Å². The summed E-state index contributed by atoms with van der Waals surface area (Å²) in [5.74, 6) is 0. The van der Waals surface area contributed by atoms with Crippen molar-refractivity contribution in [1.29, 1.82) is 0 Å².